The Hall–Kier alpha value is -1.69. The lowest BCUT2D eigenvalue weighted by Gasteiger charge is -2.26. The molecule has 0 aliphatic carbocycles. The normalized spacial score (nSPS) is 19.3. The van der Waals surface area contributed by atoms with Crippen LogP contribution in [0.4, 0.5) is 0 Å². The van der Waals surface area contributed by atoms with E-state index in [4.69, 9.17) is 4.74 Å². The number of β-amino-alcohol motifs (C(OH)–C–C–N with tert-alkyl or cyclic N) is 1. The van der Waals surface area contributed by atoms with Gasteiger partial charge in [0, 0.05) is 23.0 Å². The van der Waals surface area contributed by atoms with E-state index in [2.05, 4.69) is 22.4 Å². The molecule has 5 heteroatoms. The average Bonchev–Trinajstić information content (AvgIpc) is 3.24. The summed E-state index contributed by atoms with van der Waals surface area (Å²) >= 11 is 1.78. The van der Waals surface area contributed by atoms with Crippen molar-refractivity contribution in [2.24, 2.45) is 0 Å². The predicted octanol–water partition coefficient (Wildman–Crippen LogP) is 3.53. The van der Waals surface area contributed by atoms with E-state index in [1.807, 2.05) is 0 Å². The lowest BCUT2D eigenvalue weighted by atomic mass is 10.1. The van der Waals surface area contributed by atoms with Gasteiger partial charge in [0.15, 0.2) is 5.78 Å². The average molecular weight is 345 g/mol. The Morgan fingerprint density at radius 1 is 1.38 bits per heavy atom. The zero-order chi connectivity index (χ0) is 16.9. The Morgan fingerprint density at radius 3 is 2.83 bits per heavy atom. The van der Waals surface area contributed by atoms with Gasteiger partial charge in [0.05, 0.1) is 0 Å². The second-order valence-corrected chi connectivity index (χ2v) is 7.19. The van der Waals surface area contributed by atoms with Crippen molar-refractivity contribution in [1.82, 2.24) is 4.90 Å². The van der Waals surface area contributed by atoms with Gasteiger partial charge in [-0.15, -0.1) is 11.3 Å². The molecule has 2 aromatic rings. The van der Waals surface area contributed by atoms with Crippen LogP contribution in [0.15, 0.2) is 41.8 Å². The molecule has 128 valence electrons. The van der Waals surface area contributed by atoms with Gasteiger partial charge in [-0.1, -0.05) is 6.07 Å². The molecular formula is C19H23NO3S. The highest BCUT2D eigenvalue weighted by atomic mass is 32.1. The van der Waals surface area contributed by atoms with Crippen molar-refractivity contribution in [1.29, 1.82) is 0 Å². The van der Waals surface area contributed by atoms with E-state index in [0.29, 0.717) is 23.9 Å². The molecule has 1 aromatic carbocycles. The monoisotopic (exact) mass is 345 g/mol. The molecule has 0 radical (unpaired) electrons. The largest absolute Gasteiger partial charge is 0.491 e. The molecule has 3 rings (SSSR count). The van der Waals surface area contributed by atoms with E-state index in [0.717, 1.165) is 13.0 Å². The Balaban J connectivity index is 1.50. The summed E-state index contributed by atoms with van der Waals surface area (Å²) in [7, 11) is 0. The van der Waals surface area contributed by atoms with Gasteiger partial charge in [-0.2, -0.15) is 0 Å². The number of carbonyl (C=O) groups excluding carboxylic acids is 1. The van der Waals surface area contributed by atoms with Crippen LogP contribution in [0.5, 0.6) is 5.75 Å². The zero-order valence-electron chi connectivity index (χ0n) is 13.9. The van der Waals surface area contributed by atoms with Gasteiger partial charge in [-0.05, 0) is 62.0 Å². The fourth-order valence-corrected chi connectivity index (χ4v) is 4.04. The lowest BCUT2D eigenvalue weighted by molar-refractivity contribution is 0.0643. The number of hydrogen-bond acceptors (Lipinski definition) is 5. The summed E-state index contributed by atoms with van der Waals surface area (Å²) in [5.74, 6) is 0.713. The molecule has 1 aliphatic rings. The molecule has 1 N–H and O–H groups in total. The number of rotatable bonds is 7. The second-order valence-electron chi connectivity index (χ2n) is 6.21. The maximum atomic E-state index is 11.3. The number of aliphatic hydroxyl groups is 1. The van der Waals surface area contributed by atoms with Crippen LogP contribution in [0.25, 0.3) is 0 Å². The van der Waals surface area contributed by atoms with Gasteiger partial charge in [-0.25, -0.2) is 0 Å². The molecule has 4 nitrogen and oxygen atoms in total. The Labute approximate surface area is 146 Å². The standard InChI is InChI=1S/C19H23NO3S/c1-14(21)15-6-8-17(9-7-15)23-13-16(22)12-20-10-2-4-18(20)19-5-3-11-24-19/h3,5-9,11,16,18,22H,2,4,10,12-13H2,1H3/t16-,18+/m1/s1. The molecule has 2 heterocycles. The molecule has 0 saturated carbocycles. The second kappa shape index (κ2) is 7.92. The first-order valence-corrected chi connectivity index (χ1v) is 9.21. The zero-order valence-corrected chi connectivity index (χ0v) is 14.7. The Bertz CT molecular complexity index is 654. The van der Waals surface area contributed by atoms with Crippen LogP contribution in [0.1, 0.15) is 41.0 Å². The maximum Gasteiger partial charge on any atom is 0.159 e. The molecular weight excluding hydrogens is 322 g/mol. The van der Waals surface area contributed by atoms with Crippen LogP contribution in [0.2, 0.25) is 0 Å². The molecule has 0 amide bonds. The quantitative estimate of drug-likeness (QED) is 0.780. The molecule has 1 aromatic heterocycles. The van der Waals surface area contributed by atoms with Crippen molar-refractivity contribution in [3.8, 4) is 5.75 Å². The van der Waals surface area contributed by atoms with Gasteiger partial charge in [-0.3, -0.25) is 9.69 Å². The van der Waals surface area contributed by atoms with Crippen molar-refractivity contribution in [2.45, 2.75) is 31.9 Å². The Morgan fingerprint density at radius 2 is 2.17 bits per heavy atom. The molecule has 2 atom stereocenters. The summed E-state index contributed by atoms with van der Waals surface area (Å²) < 4.78 is 5.65. The van der Waals surface area contributed by atoms with Crippen molar-refractivity contribution >= 4 is 17.1 Å². The number of thiophene rings is 1. The fourth-order valence-electron chi connectivity index (χ4n) is 3.15. The van der Waals surface area contributed by atoms with Crippen LogP contribution in [-0.2, 0) is 0 Å². The fraction of sp³-hybridized carbons (Fsp3) is 0.421. The third-order valence-corrected chi connectivity index (χ3v) is 5.36. The third kappa shape index (κ3) is 4.23. The number of likely N-dealkylation sites (tertiary alicyclic amines) is 1. The summed E-state index contributed by atoms with van der Waals surface area (Å²) in [5.41, 5.74) is 0.666. The number of Topliss-reactive ketones (excluding diaryl/α,β-unsaturated/α-hetero) is 1. The lowest BCUT2D eigenvalue weighted by Crippen LogP contribution is -2.35. The van der Waals surface area contributed by atoms with E-state index >= 15 is 0 Å². The molecule has 1 fully saturated rings. The summed E-state index contributed by atoms with van der Waals surface area (Å²) in [6.07, 6.45) is 1.79. The van der Waals surface area contributed by atoms with Crippen LogP contribution >= 0.6 is 11.3 Å². The predicted molar refractivity (Wildman–Crippen MR) is 95.8 cm³/mol. The van der Waals surface area contributed by atoms with Gasteiger partial charge >= 0.3 is 0 Å². The summed E-state index contributed by atoms with van der Waals surface area (Å²) in [4.78, 5) is 15.0. The maximum absolute atomic E-state index is 11.3. The first kappa shape index (κ1) is 17.1. The molecule has 1 aliphatic heterocycles. The van der Waals surface area contributed by atoms with Crippen LogP contribution in [0, 0.1) is 0 Å². The summed E-state index contributed by atoms with van der Waals surface area (Å²) in [5, 5.41) is 12.4. The number of benzene rings is 1. The highest BCUT2D eigenvalue weighted by Crippen LogP contribution is 2.34. The molecule has 0 spiro atoms. The summed E-state index contributed by atoms with van der Waals surface area (Å²) in [6, 6.07) is 11.7. The molecule has 1 saturated heterocycles. The van der Waals surface area contributed by atoms with E-state index in [-0.39, 0.29) is 12.4 Å². The van der Waals surface area contributed by atoms with E-state index in [1.54, 1.807) is 42.5 Å². The van der Waals surface area contributed by atoms with Gasteiger partial charge < -0.3 is 9.84 Å². The number of nitrogens with zero attached hydrogens (tertiary/aromatic N) is 1. The number of hydrogen-bond donors (Lipinski definition) is 1. The first-order valence-electron chi connectivity index (χ1n) is 8.33. The van der Waals surface area contributed by atoms with Crippen molar-refractivity contribution in [2.75, 3.05) is 19.7 Å². The van der Waals surface area contributed by atoms with Gasteiger partial charge in [0.1, 0.15) is 18.5 Å². The third-order valence-electron chi connectivity index (χ3n) is 4.38. The van der Waals surface area contributed by atoms with Crippen molar-refractivity contribution in [3.05, 3.63) is 52.2 Å². The Kier molecular flexibility index (Phi) is 5.66. The number of ether oxygens (including phenoxy) is 1. The van der Waals surface area contributed by atoms with Crippen LogP contribution in [-0.4, -0.2) is 41.6 Å². The number of aliphatic hydroxyl groups excluding tert-OH is 1. The number of ketones is 1. The van der Waals surface area contributed by atoms with E-state index in [1.165, 1.54) is 11.3 Å². The van der Waals surface area contributed by atoms with Gasteiger partial charge in [0.2, 0.25) is 0 Å². The first-order chi connectivity index (χ1) is 11.6. The minimum absolute atomic E-state index is 0.0373. The molecule has 0 bridgehead atoms. The van der Waals surface area contributed by atoms with Crippen LogP contribution in [0.3, 0.4) is 0 Å². The van der Waals surface area contributed by atoms with Crippen LogP contribution < -0.4 is 4.74 Å². The highest BCUT2D eigenvalue weighted by Gasteiger charge is 2.28. The van der Waals surface area contributed by atoms with Crippen molar-refractivity contribution < 1.29 is 14.6 Å². The summed E-state index contributed by atoms with van der Waals surface area (Å²) in [6.45, 7) is 3.44. The van der Waals surface area contributed by atoms with E-state index in [9.17, 15) is 9.90 Å². The van der Waals surface area contributed by atoms with Crippen molar-refractivity contribution in [3.63, 3.8) is 0 Å². The number of carbonyl (C=O) groups is 1. The molecule has 0 unspecified atom stereocenters. The minimum atomic E-state index is -0.530. The van der Waals surface area contributed by atoms with E-state index < -0.39 is 6.10 Å². The SMILES string of the molecule is CC(=O)c1ccc(OC[C@H](O)CN2CCC[C@H]2c2cccs2)cc1. The smallest absolute Gasteiger partial charge is 0.159 e. The topological polar surface area (TPSA) is 49.8 Å². The van der Waals surface area contributed by atoms with Gasteiger partial charge in [0.25, 0.3) is 0 Å². The molecule has 24 heavy (non-hydrogen) atoms. The minimum Gasteiger partial charge on any atom is -0.491 e. The highest BCUT2D eigenvalue weighted by molar-refractivity contribution is 7.10.